The number of rotatable bonds is 3. The molecule has 152 valence electrons. The van der Waals surface area contributed by atoms with Crippen molar-refractivity contribution in [2.75, 3.05) is 13.1 Å². The summed E-state index contributed by atoms with van der Waals surface area (Å²) in [6.45, 7) is 12.1. The molecule has 0 aliphatic carbocycles. The van der Waals surface area contributed by atoms with Crippen molar-refractivity contribution in [3.05, 3.63) is 76.2 Å². The van der Waals surface area contributed by atoms with Gasteiger partial charge in [0, 0.05) is 37.3 Å². The van der Waals surface area contributed by atoms with Gasteiger partial charge in [0.25, 0.3) is 5.56 Å². The van der Waals surface area contributed by atoms with Crippen LogP contribution in [0.3, 0.4) is 0 Å². The first-order chi connectivity index (χ1) is 13.7. The number of aromatic nitrogens is 1. The molecule has 1 fully saturated rings. The Morgan fingerprint density at radius 3 is 2.66 bits per heavy atom. The molecule has 1 aromatic carbocycles. The molecule has 5 nitrogen and oxygen atoms in total. The smallest absolute Gasteiger partial charge is 0.318 e. The first-order valence-corrected chi connectivity index (χ1v) is 10.3. The van der Waals surface area contributed by atoms with Gasteiger partial charge in [-0.25, -0.2) is 4.79 Å². The Kier molecular flexibility index (Phi) is 4.85. The van der Waals surface area contributed by atoms with E-state index in [1.165, 1.54) is 0 Å². The summed E-state index contributed by atoms with van der Waals surface area (Å²) in [4.78, 5) is 27.3. The predicted molar refractivity (Wildman–Crippen MR) is 116 cm³/mol. The van der Waals surface area contributed by atoms with Gasteiger partial charge in [0.2, 0.25) is 0 Å². The van der Waals surface area contributed by atoms with E-state index >= 15 is 0 Å². The van der Waals surface area contributed by atoms with E-state index in [2.05, 4.69) is 18.0 Å². The highest BCUT2D eigenvalue weighted by atomic mass is 16.2. The first-order valence-electron chi connectivity index (χ1n) is 10.3. The number of nitrogens with zero attached hydrogens (tertiary/aromatic N) is 2. The van der Waals surface area contributed by atoms with E-state index < -0.39 is 5.54 Å². The Morgan fingerprint density at radius 2 is 1.90 bits per heavy atom. The fraction of sp³-hybridized carbons (Fsp3) is 0.417. The van der Waals surface area contributed by atoms with Crippen molar-refractivity contribution in [1.29, 1.82) is 0 Å². The number of urea groups is 1. The highest BCUT2D eigenvalue weighted by molar-refractivity contribution is 5.75. The molecular formula is C24H29N3O2. The lowest BCUT2D eigenvalue weighted by molar-refractivity contribution is 0.125. The van der Waals surface area contributed by atoms with Gasteiger partial charge >= 0.3 is 6.03 Å². The molecule has 2 aliphatic heterocycles. The van der Waals surface area contributed by atoms with E-state index in [9.17, 15) is 9.59 Å². The average Bonchev–Trinajstić information content (AvgIpc) is 2.68. The number of likely N-dealkylation sites (tertiary alicyclic amines) is 1. The van der Waals surface area contributed by atoms with Gasteiger partial charge in [-0.05, 0) is 56.4 Å². The summed E-state index contributed by atoms with van der Waals surface area (Å²) < 4.78 is 1.89. The van der Waals surface area contributed by atoms with Gasteiger partial charge in [0.05, 0.1) is 5.54 Å². The van der Waals surface area contributed by atoms with Crippen LogP contribution < -0.4 is 10.9 Å². The third kappa shape index (κ3) is 3.74. The monoisotopic (exact) mass is 391 g/mol. The molecule has 1 aromatic heterocycles. The fourth-order valence-electron chi connectivity index (χ4n) is 4.65. The van der Waals surface area contributed by atoms with Crippen molar-refractivity contribution in [3.8, 4) is 0 Å². The first kappa shape index (κ1) is 19.5. The maximum absolute atomic E-state index is 13.1. The second-order valence-electron chi connectivity index (χ2n) is 9.02. The maximum Gasteiger partial charge on any atom is 0.318 e. The highest BCUT2D eigenvalue weighted by Gasteiger charge is 2.37. The third-order valence-electron chi connectivity index (χ3n) is 6.26. The lowest BCUT2D eigenvalue weighted by atomic mass is 9.83. The van der Waals surface area contributed by atoms with Gasteiger partial charge in [-0.2, -0.15) is 0 Å². The Hall–Kier alpha value is -2.82. The lowest BCUT2D eigenvalue weighted by Gasteiger charge is -2.43. The zero-order valence-corrected chi connectivity index (χ0v) is 17.4. The second kappa shape index (κ2) is 7.21. The van der Waals surface area contributed by atoms with Crippen LogP contribution >= 0.6 is 0 Å². The average molecular weight is 392 g/mol. The number of hydrogen-bond donors (Lipinski definition) is 1. The van der Waals surface area contributed by atoms with E-state index in [0.29, 0.717) is 25.6 Å². The zero-order valence-electron chi connectivity index (χ0n) is 17.4. The minimum Gasteiger partial charge on any atom is -0.329 e. The second-order valence-corrected chi connectivity index (χ2v) is 9.02. The molecular weight excluding hydrogens is 362 g/mol. The van der Waals surface area contributed by atoms with Crippen LogP contribution in [0.25, 0.3) is 5.57 Å². The molecule has 1 saturated heterocycles. The summed E-state index contributed by atoms with van der Waals surface area (Å²) in [5, 5.41) is 3.22. The summed E-state index contributed by atoms with van der Waals surface area (Å²) >= 11 is 0. The van der Waals surface area contributed by atoms with Crippen LogP contribution in [0.5, 0.6) is 0 Å². The van der Waals surface area contributed by atoms with Crippen molar-refractivity contribution < 1.29 is 4.79 Å². The summed E-state index contributed by atoms with van der Waals surface area (Å²) in [7, 11) is 0. The van der Waals surface area contributed by atoms with Gasteiger partial charge in [-0.1, -0.05) is 36.4 Å². The van der Waals surface area contributed by atoms with Crippen LogP contribution in [-0.2, 0) is 12.1 Å². The number of fused-ring (bicyclic) bond motifs is 4. The van der Waals surface area contributed by atoms with Crippen molar-refractivity contribution in [2.45, 2.75) is 45.2 Å². The van der Waals surface area contributed by atoms with Gasteiger partial charge in [-0.3, -0.25) is 4.79 Å². The van der Waals surface area contributed by atoms with Crippen LogP contribution in [0, 0.1) is 5.92 Å². The van der Waals surface area contributed by atoms with E-state index in [1.54, 1.807) is 6.07 Å². The lowest BCUT2D eigenvalue weighted by Crippen LogP contribution is -2.54. The van der Waals surface area contributed by atoms with E-state index in [1.807, 2.05) is 60.6 Å². The van der Waals surface area contributed by atoms with E-state index in [-0.39, 0.29) is 17.5 Å². The Morgan fingerprint density at radius 1 is 1.14 bits per heavy atom. The Bertz CT molecular complexity index is 1020. The molecule has 5 heteroatoms. The topological polar surface area (TPSA) is 54.3 Å². The molecule has 0 saturated carbocycles. The molecule has 2 aromatic rings. The molecule has 1 N–H and O–H groups in total. The molecule has 0 radical (unpaired) electrons. The molecule has 2 aliphatic rings. The molecule has 0 spiro atoms. The standard InChI is InChI=1S/C24H29N3O2/c1-16(2)18-7-5-8-20(12-18)24(3,4)25-23(29)26-13-17-11-19(15-26)21-9-6-10-22(28)27(21)14-17/h5-10,12,17,19H,1,11,13-15H2,2-4H3,(H,25,29). The number of carbonyl (C=O) groups excluding carboxylic acids is 1. The number of hydrogen-bond acceptors (Lipinski definition) is 2. The summed E-state index contributed by atoms with van der Waals surface area (Å²) in [6.07, 6.45) is 1.04. The number of pyridine rings is 1. The predicted octanol–water partition coefficient (Wildman–Crippen LogP) is 3.95. The molecule has 2 bridgehead atoms. The normalized spacial score (nSPS) is 20.7. The van der Waals surface area contributed by atoms with Crippen molar-refractivity contribution >= 4 is 11.6 Å². The highest BCUT2D eigenvalue weighted by Crippen LogP contribution is 2.35. The van der Waals surface area contributed by atoms with Crippen molar-refractivity contribution in [3.63, 3.8) is 0 Å². The van der Waals surface area contributed by atoms with Crippen molar-refractivity contribution in [2.24, 2.45) is 5.92 Å². The Labute approximate surface area is 172 Å². The molecule has 29 heavy (non-hydrogen) atoms. The SMILES string of the molecule is C=C(C)c1cccc(C(C)(C)NC(=O)N2CC3CC(C2)c2cccc(=O)n2C3)c1. The van der Waals surface area contributed by atoms with Crippen molar-refractivity contribution in [1.82, 2.24) is 14.8 Å². The van der Waals surface area contributed by atoms with Gasteiger partial charge in [0.1, 0.15) is 0 Å². The number of nitrogens with one attached hydrogen (secondary N) is 1. The van der Waals surface area contributed by atoms with Crippen LogP contribution in [-0.4, -0.2) is 28.6 Å². The van der Waals surface area contributed by atoms with Gasteiger partial charge in [-0.15, -0.1) is 0 Å². The Balaban J connectivity index is 1.52. The zero-order chi connectivity index (χ0) is 20.8. The molecule has 2 atom stereocenters. The number of benzene rings is 1. The quantitative estimate of drug-likeness (QED) is 0.861. The van der Waals surface area contributed by atoms with Crippen LogP contribution in [0.1, 0.15) is 49.9 Å². The number of allylic oxidation sites excluding steroid dienone is 1. The fourth-order valence-corrected chi connectivity index (χ4v) is 4.65. The number of piperidine rings is 1. The molecule has 2 unspecified atom stereocenters. The maximum atomic E-state index is 13.1. The summed E-state index contributed by atoms with van der Waals surface area (Å²) in [5.74, 6) is 0.541. The number of carbonyl (C=O) groups is 1. The van der Waals surface area contributed by atoms with Crippen LogP contribution in [0.15, 0.2) is 53.8 Å². The van der Waals surface area contributed by atoms with Gasteiger partial charge in [0.15, 0.2) is 0 Å². The van der Waals surface area contributed by atoms with E-state index in [4.69, 9.17) is 0 Å². The number of amides is 2. The molecule has 4 rings (SSSR count). The minimum atomic E-state index is -0.496. The van der Waals surface area contributed by atoms with Crippen LogP contribution in [0.2, 0.25) is 0 Å². The summed E-state index contributed by atoms with van der Waals surface area (Å²) in [6, 6.07) is 13.6. The van der Waals surface area contributed by atoms with Crippen LogP contribution in [0.4, 0.5) is 4.79 Å². The largest absolute Gasteiger partial charge is 0.329 e. The van der Waals surface area contributed by atoms with Gasteiger partial charge < -0.3 is 14.8 Å². The summed E-state index contributed by atoms with van der Waals surface area (Å²) in [5.41, 5.74) is 3.77. The minimum absolute atomic E-state index is 0.0443. The molecule has 2 amide bonds. The molecule has 3 heterocycles. The third-order valence-corrected chi connectivity index (χ3v) is 6.26. The van der Waals surface area contributed by atoms with E-state index in [0.717, 1.165) is 28.8 Å².